The summed E-state index contributed by atoms with van der Waals surface area (Å²) in [5.74, 6) is -0.0488. The van der Waals surface area contributed by atoms with Crippen LogP contribution in [0.3, 0.4) is 0 Å². The van der Waals surface area contributed by atoms with Gasteiger partial charge in [0.1, 0.15) is 11.8 Å². The van der Waals surface area contributed by atoms with E-state index in [1.54, 1.807) is 0 Å². The minimum atomic E-state index is -1.10. The minimum absolute atomic E-state index is 0.116. The number of hydrogen-bond acceptors (Lipinski definition) is 6. The van der Waals surface area contributed by atoms with E-state index in [0.717, 1.165) is 12.8 Å². The van der Waals surface area contributed by atoms with Crippen molar-refractivity contribution in [1.82, 2.24) is 0 Å². The minimum Gasteiger partial charge on any atom is -0.376 e. The molecule has 16 heavy (non-hydrogen) atoms. The molecule has 6 heteroatoms. The van der Waals surface area contributed by atoms with Crippen molar-refractivity contribution in [3.05, 3.63) is 9.81 Å². The van der Waals surface area contributed by atoms with Crippen LogP contribution in [-0.4, -0.2) is 30.6 Å². The highest BCUT2D eigenvalue weighted by Crippen LogP contribution is 2.40. The summed E-state index contributed by atoms with van der Waals surface area (Å²) in [7, 11) is 0. The first-order valence-corrected chi connectivity index (χ1v) is 5.49. The average Bonchev–Trinajstić information content (AvgIpc) is 2.73. The summed E-state index contributed by atoms with van der Waals surface area (Å²) < 4.78 is 5.14. The van der Waals surface area contributed by atoms with Crippen molar-refractivity contribution in [1.29, 1.82) is 0 Å². The third-order valence-corrected chi connectivity index (χ3v) is 3.67. The van der Waals surface area contributed by atoms with Gasteiger partial charge in [0, 0.05) is 12.8 Å². The van der Waals surface area contributed by atoms with Crippen LogP contribution in [0.5, 0.6) is 0 Å². The quantitative estimate of drug-likeness (QED) is 0.681. The molecule has 0 radical (unpaired) electrons. The molecule has 0 unspecified atom stereocenters. The van der Waals surface area contributed by atoms with E-state index in [2.05, 4.69) is 10.4 Å². The van der Waals surface area contributed by atoms with E-state index in [9.17, 15) is 14.6 Å². The lowest BCUT2D eigenvalue weighted by atomic mass is 9.72. The average molecular weight is 226 g/mol. The zero-order valence-electron chi connectivity index (χ0n) is 8.92. The Morgan fingerprint density at radius 1 is 1.38 bits per heavy atom. The number of hydrogen-bond donors (Lipinski definition) is 0. The van der Waals surface area contributed by atoms with Gasteiger partial charge in [-0.15, -0.1) is 0 Å². The van der Waals surface area contributed by atoms with Gasteiger partial charge in [-0.2, -0.15) is 9.81 Å². The van der Waals surface area contributed by atoms with Crippen LogP contribution in [0.25, 0.3) is 0 Å². The molecule has 1 saturated carbocycles. The smallest absolute Gasteiger partial charge is 0.157 e. The molecule has 88 valence electrons. The summed E-state index contributed by atoms with van der Waals surface area (Å²) in [6, 6.07) is -0.735. The highest BCUT2D eigenvalue weighted by atomic mass is 16.5. The number of Topliss-reactive ketones (excluding diaryl/α,β-unsaturated/α-hetero) is 1. The van der Waals surface area contributed by atoms with Gasteiger partial charge in [0.15, 0.2) is 5.54 Å². The highest BCUT2D eigenvalue weighted by Gasteiger charge is 2.53. The molecule has 0 spiro atoms. The van der Waals surface area contributed by atoms with Gasteiger partial charge in [-0.25, -0.2) is 0 Å². The van der Waals surface area contributed by atoms with Crippen molar-refractivity contribution in [3.63, 3.8) is 0 Å². The zero-order valence-corrected chi connectivity index (χ0v) is 8.92. The van der Waals surface area contributed by atoms with Gasteiger partial charge in [-0.3, -0.25) is 4.79 Å². The fraction of sp³-hybridized carbons (Fsp3) is 0.900. The SMILES string of the molecule is O=N[C@H]1COC[C@]1(N=O)[C@@H]1CCCC(=O)C1. The van der Waals surface area contributed by atoms with Gasteiger partial charge < -0.3 is 4.74 Å². The normalized spacial score (nSPS) is 39.6. The largest absolute Gasteiger partial charge is 0.376 e. The molecule has 3 atom stereocenters. The van der Waals surface area contributed by atoms with E-state index < -0.39 is 11.6 Å². The van der Waals surface area contributed by atoms with Crippen LogP contribution in [0, 0.1) is 15.7 Å². The van der Waals surface area contributed by atoms with Gasteiger partial charge in [0.25, 0.3) is 0 Å². The van der Waals surface area contributed by atoms with Crippen LogP contribution in [-0.2, 0) is 9.53 Å². The van der Waals surface area contributed by atoms with Crippen LogP contribution in [0.1, 0.15) is 25.7 Å². The summed E-state index contributed by atoms with van der Waals surface area (Å²) in [6.45, 7) is 0.255. The van der Waals surface area contributed by atoms with Crippen LogP contribution < -0.4 is 0 Å². The molecule has 0 N–H and O–H groups in total. The molecular formula is C10H14N2O4. The summed E-state index contributed by atoms with van der Waals surface area (Å²) in [5.41, 5.74) is -1.10. The monoisotopic (exact) mass is 226 g/mol. The Balaban J connectivity index is 2.22. The number of carbonyl (C=O) groups is 1. The van der Waals surface area contributed by atoms with E-state index >= 15 is 0 Å². The lowest BCUT2D eigenvalue weighted by molar-refractivity contribution is -0.122. The van der Waals surface area contributed by atoms with Crippen molar-refractivity contribution < 1.29 is 9.53 Å². The van der Waals surface area contributed by atoms with Crippen molar-refractivity contribution in [2.24, 2.45) is 16.3 Å². The molecule has 0 aromatic carbocycles. The second-order valence-corrected chi connectivity index (χ2v) is 4.55. The maximum atomic E-state index is 11.4. The molecule has 2 fully saturated rings. The van der Waals surface area contributed by atoms with Gasteiger partial charge in [-0.1, -0.05) is 10.4 Å². The first kappa shape index (κ1) is 11.3. The van der Waals surface area contributed by atoms with Crippen molar-refractivity contribution in [3.8, 4) is 0 Å². The number of ketones is 1. The molecule has 1 heterocycles. The molecule has 0 bridgehead atoms. The van der Waals surface area contributed by atoms with E-state index in [4.69, 9.17) is 4.74 Å². The maximum Gasteiger partial charge on any atom is 0.157 e. The summed E-state index contributed by atoms with van der Waals surface area (Å²) in [5, 5.41) is 6.04. The van der Waals surface area contributed by atoms with Crippen molar-refractivity contribution in [2.75, 3.05) is 13.2 Å². The van der Waals surface area contributed by atoms with Gasteiger partial charge in [-0.05, 0) is 18.8 Å². The van der Waals surface area contributed by atoms with Gasteiger partial charge in [0.05, 0.1) is 13.2 Å². The fourth-order valence-electron chi connectivity index (χ4n) is 2.70. The fourth-order valence-corrected chi connectivity index (χ4v) is 2.70. The molecule has 2 rings (SSSR count). The molecule has 2 aliphatic rings. The third-order valence-electron chi connectivity index (χ3n) is 3.67. The summed E-state index contributed by atoms with van der Waals surface area (Å²) in [6.07, 6.45) is 2.38. The predicted octanol–water partition coefficient (Wildman–Crippen LogP) is 1.42. The molecule has 0 aromatic rings. The van der Waals surface area contributed by atoms with Crippen LogP contribution in [0.15, 0.2) is 10.4 Å². The Hall–Kier alpha value is -1.17. The Morgan fingerprint density at radius 2 is 2.19 bits per heavy atom. The first-order chi connectivity index (χ1) is 7.73. The Kier molecular flexibility index (Phi) is 3.09. The van der Waals surface area contributed by atoms with Crippen LogP contribution in [0.2, 0.25) is 0 Å². The number of ether oxygens (including phenoxy) is 1. The molecule has 1 aliphatic heterocycles. The first-order valence-electron chi connectivity index (χ1n) is 5.49. The van der Waals surface area contributed by atoms with Gasteiger partial charge in [0.2, 0.25) is 0 Å². The van der Waals surface area contributed by atoms with Gasteiger partial charge >= 0.3 is 0 Å². The number of rotatable bonds is 3. The topological polar surface area (TPSA) is 85.2 Å². The number of nitroso groups, excluding NO2 is 2. The number of nitrogens with zero attached hydrogens (tertiary/aromatic N) is 2. The third kappa shape index (κ3) is 1.67. The lowest BCUT2D eigenvalue weighted by Crippen LogP contribution is -2.47. The Labute approximate surface area is 92.7 Å². The van der Waals surface area contributed by atoms with Crippen LogP contribution >= 0.6 is 0 Å². The van der Waals surface area contributed by atoms with Crippen molar-refractivity contribution >= 4 is 5.78 Å². The maximum absolute atomic E-state index is 11.4. The zero-order chi connectivity index (χ0) is 11.6. The predicted molar refractivity (Wildman–Crippen MR) is 55.9 cm³/mol. The highest BCUT2D eigenvalue weighted by molar-refractivity contribution is 5.79. The second-order valence-electron chi connectivity index (χ2n) is 4.55. The van der Waals surface area contributed by atoms with E-state index in [1.807, 2.05) is 0 Å². The molecule has 0 amide bonds. The standard InChI is InChI=1S/C10H14N2O4/c13-8-3-1-2-7(4-8)10(12-15)6-16-5-9(10)11-14/h7,9H,1-6H2/t7-,9+,10+/m1/s1. The number of carbonyl (C=O) groups excluding carboxylic acids is 1. The van der Waals surface area contributed by atoms with Crippen molar-refractivity contribution in [2.45, 2.75) is 37.3 Å². The Bertz CT molecular complexity index is 320. The van der Waals surface area contributed by atoms with E-state index in [1.165, 1.54) is 0 Å². The molecule has 1 saturated heterocycles. The molecule has 0 aromatic heterocycles. The molecule has 1 aliphatic carbocycles. The second kappa shape index (κ2) is 4.37. The molecule has 6 nitrogen and oxygen atoms in total. The van der Waals surface area contributed by atoms with Crippen LogP contribution in [0.4, 0.5) is 0 Å². The Morgan fingerprint density at radius 3 is 2.81 bits per heavy atom. The van der Waals surface area contributed by atoms with E-state index in [0.29, 0.717) is 12.8 Å². The molecular weight excluding hydrogens is 212 g/mol. The van der Waals surface area contributed by atoms with E-state index in [-0.39, 0.29) is 24.9 Å². The lowest BCUT2D eigenvalue weighted by Gasteiger charge is -2.33. The summed E-state index contributed by atoms with van der Waals surface area (Å²) in [4.78, 5) is 33.1. The summed E-state index contributed by atoms with van der Waals surface area (Å²) >= 11 is 0.